The van der Waals surface area contributed by atoms with E-state index in [0.717, 1.165) is 30.0 Å². The van der Waals surface area contributed by atoms with Crippen LogP contribution < -0.4 is 20.9 Å². The number of methoxy groups -OCH3 is 1. The third-order valence-corrected chi connectivity index (χ3v) is 4.77. The summed E-state index contributed by atoms with van der Waals surface area (Å²) in [6.07, 6.45) is 1.95. The van der Waals surface area contributed by atoms with Crippen LogP contribution in [0.25, 0.3) is 0 Å². The summed E-state index contributed by atoms with van der Waals surface area (Å²) in [5.41, 5.74) is 6.62. The molecule has 138 valence electrons. The van der Waals surface area contributed by atoms with E-state index >= 15 is 0 Å². The Morgan fingerprint density at radius 2 is 1.81 bits per heavy atom. The number of carbonyl (C=O) groups excluding carboxylic acids is 1. The summed E-state index contributed by atoms with van der Waals surface area (Å²) in [6, 6.07) is 17.9. The molecule has 5 nitrogen and oxygen atoms in total. The van der Waals surface area contributed by atoms with Crippen LogP contribution in [0.4, 0.5) is 0 Å². The van der Waals surface area contributed by atoms with Crippen LogP contribution in [0.1, 0.15) is 12.0 Å². The highest BCUT2D eigenvalue weighted by Crippen LogP contribution is 2.20. The second-order valence-corrected chi connectivity index (χ2v) is 6.94. The first kappa shape index (κ1) is 20.1. The Bertz CT molecular complexity index is 694. The second kappa shape index (κ2) is 11.4. The molecule has 2 aromatic carbocycles. The first-order chi connectivity index (χ1) is 12.7. The highest BCUT2D eigenvalue weighted by Gasteiger charge is 2.04. The number of rotatable bonds is 8. The lowest BCUT2D eigenvalue weighted by molar-refractivity contribution is -0.119. The van der Waals surface area contributed by atoms with Crippen molar-refractivity contribution in [3.8, 4) is 5.75 Å². The van der Waals surface area contributed by atoms with E-state index in [1.54, 1.807) is 7.11 Å². The molecule has 0 atom stereocenters. The summed E-state index contributed by atoms with van der Waals surface area (Å²) in [6.45, 7) is 0.747. The van der Waals surface area contributed by atoms with Crippen molar-refractivity contribution < 1.29 is 9.53 Å². The predicted molar refractivity (Wildman–Crippen MR) is 110 cm³/mol. The minimum Gasteiger partial charge on any atom is -0.497 e. The minimum atomic E-state index is -0.140. The molecule has 0 unspecified atom stereocenters. The van der Waals surface area contributed by atoms with E-state index in [9.17, 15) is 4.79 Å². The third kappa shape index (κ3) is 7.76. The molecular formula is C19H23N3O2S2. The van der Waals surface area contributed by atoms with E-state index in [0.29, 0.717) is 10.9 Å². The Hall–Kier alpha value is -2.25. The molecule has 0 saturated heterocycles. The molecule has 2 rings (SSSR count). The van der Waals surface area contributed by atoms with Crippen LogP contribution in [-0.4, -0.2) is 30.4 Å². The standard InChI is InChI=1S/C19H23N3O2S2/c1-24-16-9-11-17(12-10-16)26-14-18(23)21-22-19(25)20-13-5-8-15-6-3-2-4-7-15/h2-4,6-7,9-12H,5,8,13-14H2,1H3,(H,21,23)(H2,20,22,25). The maximum Gasteiger partial charge on any atom is 0.248 e. The molecule has 3 N–H and O–H groups in total. The Kier molecular flexibility index (Phi) is 8.78. The van der Waals surface area contributed by atoms with Crippen LogP contribution in [0, 0.1) is 0 Å². The lowest BCUT2D eigenvalue weighted by Gasteiger charge is -2.11. The van der Waals surface area contributed by atoms with Gasteiger partial charge in [0.05, 0.1) is 12.9 Å². The Morgan fingerprint density at radius 1 is 1.08 bits per heavy atom. The average Bonchev–Trinajstić information content (AvgIpc) is 2.69. The van der Waals surface area contributed by atoms with Crippen molar-refractivity contribution in [3.05, 3.63) is 60.2 Å². The van der Waals surface area contributed by atoms with Gasteiger partial charge in [-0.2, -0.15) is 0 Å². The monoisotopic (exact) mass is 389 g/mol. The van der Waals surface area contributed by atoms with Crippen LogP contribution in [0.3, 0.4) is 0 Å². The molecule has 0 aromatic heterocycles. The molecule has 0 bridgehead atoms. The van der Waals surface area contributed by atoms with Crippen molar-refractivity contribution in [2.45, 2.75) is 17.7 Å². The fourth-order valence-corrected chi connectivity index (χ4v) is 3.02. The third-order valence-electron chi connectivity index (χ3n) is 3.52. The van der Waals surface area contributed by atoms with Crippen molar-refractivity contribution >= 4 is 35.0 Å². The van der Waals surface area contributed by atoms with Gasteiger partial charge < -0.3 is 10.1 Å². The van der Waals surface area contributed by atoms with E-state index in [1.165, 1.54) is 17.3 Å². The molecule has 26 heavy (non-hydrogen) atoms. The molecule has 0 spiro atoms. The average molecular weight is 390 g/mol. The highest BCUT2D eigenvalue weighted by molar-refractivity contribution is 8.00. The lowest BCUT2D eigenvalue weighted by Crippen LogP contribution is -2.47. The van der Waals surface area contributed by atoms with E-state index in [2.05, 4.69) is 28.3 Å². The van der Waals surface area contributed by atoms with Gasteiger partial charge in [-0.25, -0.2) is 0 Å². The number of thioether (sulfide) groups is 1. The molecule has 0 saturated carbocycles. The number of nitrogens with one attached hydrogen (secondary N) is 3. The van der Waals surface area contributed by atoms with Gasteiger partial charge in [0.1, 0.15) is 5.75 Å². The number of hydrogen-bond donors (Lipinski definition) is 3. The number of thiocarbonyl (C=S) groups is 1. The molecular weight excluding hydrogens is 366 g/mol. The van der Waals surface area contributed by atoms with Gasteiger partial charge in [0.2, 0.25) is 5.91 Å². The van der Waals surface area contributed by atoms with Gasteiger partial charge in [-0.05, 0) is 54.9 Å². The first-order valence-electron chi connectivity index (χ1n) is 8.31. The second-order valence-electron chi connectivity index (χ2n) is 5.48. The van der Waals surface area contributed by atoms with E-state index in [1.807, 2.05) is 42.5 Å². The number of carbonyl (C=O) groups is 1. The molecule has 7 heteroatoms. The summed E-state index contributed by atoms with van der Waals surface area (Å²) in [7, 11) is 1.62. The topological polar surface area (TPSA) is 62.4 Å². The van der Waals surface area contributed by atoms with Gasteiger partial charge in [0.15, 0.2) is 5.11 Å². The van der Waals surface area contributed by atoms with Crippen molar-refractivity contribution in [3.63, 3.8) is 0 Å². The predicted octanol–water partition coefficient (Wildman–Crippen LogP) is 2.92. The zero-order valence-corrected chi connectivity index (χ0v) is 16.3. The zero-order chi connectivity index (χ0) is 18.6. The van der Waals surface area contributed by atoms with Crippen LogP contribution in [-0.2, 0) is 11.2 Å². The summed E-state index contributed by atoms with van der Waals surface area (Å²) < 4.78 is 5.11. The fourth-order valence-electron chi connectivity index (χ4n) is 2.17. The van der Waals surface area contributed by atoms with E-state index < -0.39 is 0 Å². The molecule has 0 heterocycles. The van der Waals surface area contributed by atoms with Crippen molar-refractivity contribution in [2.24, 2.45) is 0 Å². The van der Waals surface area contributed by atoms with Crippen molar-refractivity contribution in [1.82, 2.24) is 16.2 Å². The number of ether oxygens (including phenoxy) is 1. The summed E-state index contributed by atoms with van der Waals surface area (Å²) in [5.74, 6) is 0.957. The largest absolute Gasteiger partial charge is 0.497 e. The number of hydrogen-bond acceptors (Lipinski definition) is 4. The molecule has 0 aliphatic rings. The van der Waals surface area contributed by atoms with Crippen LogP contribution in [0.15, 0.2) is 59.5 Å². The number of benzene rings is 2. The smallest absolute Gasteiger partial charge is 0.248 e. The van der Waals surface area contributed by atoms with Gasteiger partial charge in [-0.1, -0.05) is 30.3 Å². The van der Waals surface area contributed by atoms with Gasteiger partial charge in [0.25, 0.3) is 0 Å². The molecule has 1 amide bonds. The lowest BCUT2D eigenvalue weighted by atomic mass is 10.1. The summed E-state index contributed by atoms with van der Waals surface area (Å²) in [4.78, 5) is 12.9. The maximum atomic E-state index is 11.9. The fraction of sp³-hybridized carbons (Fsp3) is 0.263. The van der Waals surface area contributed by atoms with Crippen LogP contribution >= 0.6 is 24.0 Å². The van der Waals surface area contributed by atoms with Crippen LogP contribution in [0.2, 0.25) is 0 Å². The van der Waals surface area contributed by atoms with Crippen molar-refractivity contribution in [1.29, 1.82) is 0 Å². The van der Waals surface area contributed by atoms with Gasteiger partial charge >= 0.3 is 0 Å². The van der Waals surface area contributed by atoms with Gasteiger partial charge in [-0.15, -0.1) is 11.8 Å². The number of aryl methyl sites for hydroxylation is 1. The number of amides is 1. The maximum absolute atomic E-state index is 11.9. The number of hydrazine groups is 1. The van der Waals surface area contributed by atoms with Crippen LogP contribution in [0.5, 0.6) is 5.75 Å². The highest BCUT2D eigenvalue weighted by atomic mass is 32.2. The molecule has 0 fully saturated rings. The minimum absolute atomic E-state index is 0.140. The Balaban J connectivity index is 1.55. The quantitative estimate of drug-likeness (QED) is 0.279. The van der Waals surface area contributed by atoms with E-state index in [4.69, 9.17) is 17.0 Å². The Morgan fingerprint density at radius 3 is 2.50 bits per heavy atom. The zero-order valence-electron chi connectivity index (χ0n) is 14.7. The van der Waals surface area contributed by atoms with Gasteiger partial charge in [-0.3, -0.25) is 15.6 Å². The first-order valence-corrected chi connectivity index (χ1v) is 9.70. The molecule has 2 aromatic rings. The molecule has 0 radical (unpaired) electrons. The summed E-state index contributed by atoms with van der Waals surface area (Å²) in [5, 5.41) is 3.50. The van der Waals surface area contributed by atoms with Crippen molar-refractivity contribution in [2.75, 3.05) is 19.4 Å². The molecule has 0 aliphatic carbocycles. The summed E-state index contributed by atoms with van der Waals surface area (Å²) >= 11 is 6.60. The Labute approximate surface area is 163 Å². The SMILES string of the molecule is COc1ccc(SCC(=O)NNC(=S)NCCCc2ccccc2)cc1. The van der Waals surface area contributed by atoms with E-state index in [-0.39, 0.29) is 5.91 Å². The van der Waals surface area contributed by atoms with Gasteiger partial charge in [0, 0.05) is 11.4 Å². The molecule has 0 aliphatic heterocycles. The normalized spacial score (nSPS) is 10.0.